The van der Waals surface area contributed by atoms with Gasteiger partial charge in [0.15, 0.2) is 0 Å². The van der Waals surface area contributed by atoms with Gasteiger partial charge in [-0.25, -0.2) is 0 Å². The molecule has 2 N–H and O–H groups in total. The summed E-state index contributed by atoms with van der Waals surface area (Å²) in [6, 6.07) is 0.131. The first-order valence-corrected chi connectivity index (χ1v) is 6.47. The van der Waals surface area contributed by atoms with Crippen molar-refractivity contribution in [3.05, 3.63) is 12.0 Å². The monoisotopic (exact) mass is 266 g/mol. The van der Waals surface area contributed by atoms with Gasteiger partial charge in [0.25, 0.3) is 0 Å². The summed E-state index contributed by atoms with van der Waals surface area (Å²) in [4.78, 5) is 27.3. The minimum Gasteiger partial charge on any atom is -0.481 e. The summed E-state index contributed by atoms with van der Waals surface area (Å²) in [5.74, 6) is -2.04. The quantitative estimate of drug-likeness (QED) is 0.870. The van der Waals surface area contributed by atoms with Crippen LogP contribution < -0.4 is 5.32 Å². The van der Waals surface area contributed by atoms with Gasteiger partial charge in [0.05, 0.1) is 17.5 Å². The number of carbonyl (C=O) groups excluding carboxylic acids is 1. The van der Waals surface area contributed by atoms with Crippen LogP contribution in [0.1, 0.15) is 31.9 Å². The van der Waals surface area contributed by atoms with Crippen molar-refractivity contribution in [1.82, 2.24) is 4.98 Å². The van der Waals surface area contributed by atoms with Crippen LogP contribution >= 0.6 is 0 Å². The van der Waals surface area contributed by atoms with E-state index in [-0.39, 0.29) is 11.9 Å². The molecule has 19 heavy (non-hydrogen) atoms. The molecule has 1 aromatic heterocycles. The highest BCUT2D eigenvalue weighted by molar-refractivity contribution is 5.93. The van der Waals surface area contributed by atoms with E-state index in [4.69, 9.17) is 4.42 Å². The Hall–Kier alpha value is -1.85. The predicted molar refractivity (Wildman–Crippen MR) is 67.5 cm³/mol. The molecular formula is C13H18N2O4. The van der Waals surface area contributed by atoms with Crippen LogP contribution in [-0.2, 0) is 9.59 Å². The maximum absolute atomic E-state index is 12.1. The molecule has 1 aliphatic rings. The van der Waals surface area contributed by atoms with Crippen LogP contribution in [0.2, 0.25) is 0 Å². The van der Waals surface area contributed by atoms with Crippen molar-refractivity contribution in [2.24, 2.45) is 17.8 Å². The maximum Gasteiger partial charge on any atom is 0.307 e. The molecule has 0 radical (unpaired) electrons. The third kappa shape index (κ3) is 2.94. The summed E-state index contributed by atoms with van der Waals surface area (Å²) in [6.45, 7) is 3.77. The zero-order valence-electron chi connectivity index (χ0n) is 11.0. The van der Waals surface area contributed by atoms with Crippen LogP contribution in [0.5, 0.6) is 0 Å². The number of carboxylic acid groups (broad SMARTS) is 1. The number of nitrogens with zero attached hydrogens (tertiary/aromatic N) is 1. The standard InChI is InChI=1S/C13H18N2O4/c1-3-8-4-9(10(5-8)12(17)18)11(16)15-13-14-7(2)6-19-13/h6,8-10H,3-5H2,1-2H3,(H,17,18)(H,14,15,16)/t8?,9-,10+/m0/s1. The van der Waals surface area contributed by atoms with Crippen LogP contribution in [0.4, 0.5) is 6.01 Å². The van der Waals surface area contributed by atoms with Crippen LogP contribution in [-0.4, -0.2) is 22.0 Å². The molecule has 1 aromatic rings. The molecule has 1 fully saturated rings. The third-order valence-electron chi connectivity index (χ3n) is 3.74. The van der Waals surface area contributed by atoms with Crippen LogP contribution in [0.25, 0.3) is 0 Å². The third-order valence-corrected chi connectivity index (χ3v) is 3.74. The molecule has 1 heterocycles. The maximum atomic E-state index is 12.1. The molecule has 0 saturated heterocycles. The molecule has 3 atom stereocenters. The van der Waals surface area contributed by atoms with Crippen molar-refractivity contribution in [3.63, 3.8) is 0 Å². The van der Waals surface area contributed by atoms with E-state index in [1.165, 1.54) is 6.26 Å². The minimum atomic E-state index is -0.903. The Kier molecular flexibility index (Phi) is 3.87. The molecular weight excluding hydrogens is 248 g/mol. The Labute approximate surface area is 111 Å². The molecule has 0 aromatic carbocycles. The second kappa shape index (κ2) is 5.42. The summed E-state index contributed by atoms with van der Waals surface area (Å²) in [5.41, 5.74) is 0.669. The molecule has 104 valence electrons. The topological polar surface area (TPSA) is 92.4 Å². The van der Waals surface area contributed by atoms with Gasteiger partial charge in [-0.05, 0) is 25.7 Å². The van der Waals surface area contributed by atoms with Crippen molar-refractivity contribution in [2.75, 3.05) is 5.32 Å². The zero-order chi connectivity index (χ0) is 14.0. The highest BCUT2D eigenvalue weighted by Gasteiger charge is 2.42. The lowest BCUT2D eigenvalue weighted by Gasteiger charge is -2.13. The Morgan fingerprint density at radius 2 is 2.16 bits per heavy atom. The van der Waals surface area contributed by atoms with E-state index in [1.54, 1.807) is 6.92 Å². The Morgan fingerprint density at radius 3 is 2.68 bits per heavy atom. The van der Waals surface area contributed by atoms with Crippen molar-refractivity contribution in [1.29, 1.82) is 0 Å². The molecule has 0 bridgehead atoms. The number of anilines is 1. The van der Waals surface area contributed by atoms with Crippen LogP contribution in [0.15, 0.2) is 10.7 Å². The number of carbonyl (C=O) groups is 2. The minimum absolute atomic E-state index is 0.131. The number of oxazole rings is 1. The van der Waals surface area contributed by atoms with E-state index in [9.17, 15) is 14.7 Å². The highest BCUT2D eigenvalue weighted by Crippen LogP contribution is 2.38. The first kappa shape index (κ1) is 13.6. The molecule has 1 unspecified atom stereocenters. The Balaban J connectivity index is 2.06. The first-order chi connectivity index (χ1) is 9.01. The molecule has 6 heteroatoms. The van der Waals surface area contributed by atoms with Crippen molar-refractivity contribution in [3.8, 4) is 0 Å². The summed E-state index contributed by atoms with van der Waals surface area (Å²) < 4.78 is 5.05. The molecule has 1 amide bonds. The number of rotatable bonds is 4. The molecule has 2 rings (SSSR count). The lowest BCUT2D eigenvalue weighted by molar-refractivity contribution is -0.145. The largest absolute Gasteiger partial charge is 0.481 e. The predicted octanol–water partition coefficient (Wildman–Crippen LogP) is 2.06. The average Bonchev–Trinajstić information content (AvgIpc) is 2.95. The Bertz CT molecular complexity index is 483. The van der Waals surface area contributed by atoms with E-state index in [1.807, 2.05) is 6.92 Å². The van der Waals surface area contributed by atoms with Crippen LogP contribution in [0, 0.1) is 24.7 Å². The lowest BCUT2D eigenvalue weighted by Crippen LogP contribution is -2.30. The highest BCUT2D eigenvalue weighted by atomic mass is 16.4. The number of amides is 1. The van der Waals surface area contributed by atoms with Gasteiger partial charge in [-0.2, -0.15) is 4.98 Å². The normalized spacial score (nSPS) is 26.3. The number of aryl methyl sites for hydroxylation is 1. The van der Waals surface area contributed by atoms with Gasteiger partial charge in [0.1, 0.15) is 6.26 Å². The van der Waals surface area contributed by atoms with Gasteiger partial charge in [-0.15, -0.1) is 0 Å². The van der Waals surface area contributed by atoms with Gasteiger partial charge >= 0.3 is 12.0 Å². The smallest absolute Gasteiger partial charge is 0.307 e. The average molecular weight is 266 g/mol. The fraction of sp³-hybridized carbons (Fsp3) is 0.615. The number of hydrogen-bond acceptors (Lipinski definition) is 4. The fourth-order valence-corrected chi connectivity index (χ4v) is 2.65. The zero-order valence-corrected chi connectivity index (χ0v) is 11.0. The van der Waals surface area contributed by atoms with E-state index in [0.717, 1.165) is 6.42 Å². The number of carboxylic acids is 1. The second-order valence-electron chi connectivity index (χ2n) is 5.08. The number of nitrogens with one attached hydrogen (secondary N) is 1. The van der Waals surface area contributed by atoms with Gasteiger partial charge < -0.3 is 9.52 Å². The molecule has 1 saturated carbocycles. The first-order valence-electron chi connectivity index (χ1n) is 6.47. The lowest BCUT2D eigenvalue weighted by atomic mass is 9.95. The number of aromatic nitrogens is 1. The van der Waals surface area contributed by atoms with Crippen molar-refractivity contribution in [2.45, 2.75) is 33.1 Å². The fourth-order valence-electron chi connectivity index (χ4n) is 2.65. The summed E-state index contributed by atoms with van der Waals surface area (Å²) in [5, 5.41) is 11.8. The van der Waals surface area contributed by atoms with Crippen LogP contribution in [0.3, 0.4) is 0 Å². The van der Waals surface area contributed by atoms with E-state index in [0.29, 0.717) is 24.5 Å². The number of hydrogen-bond donors (Lipinski definition) is 2. The summed E-state index contributed by atoms with van der Waals surface area (Å²) >= 11 is 0. The van der Waals surface area contributed by atoms with Crippen molar-refractivity contribution < 1.29 is 19.1 Å². The number of aliphatic carboxylic acids is 1. The molecule has 0 aliphatic heterocycles. The van der Waals surface area contributed by atoms with Gasteiger partial charge in [0, 0.05) is 0 Å². The Morgan fingerprint density at radius 1 is 1.47 bits per heavy atom. The van der Waals surface area contributed by atoms with Gasteiger partial charge in [-0.1, -0.05) is 13.3 Å². The van der Waals surface area contributed by atoms with Gasteiger partial charge in [-0.3, -0.25) is 14.9 Å². The van der Waals surface area contributed by atoms with E-state index >= 15 is 0 Å². The molecule has 0 spiro atoms. The van der Waals surface area contributed by atoms with E-state index < -0.39 is 17.8 Å². The van der Waals surface area contributed by atoms with E-state index in [2.05, 4.69) is 10.3 Å². The summed E-state index contributed by atoms with van der Waals surface area (Å²) in [7, 11) is 0. The summed E-state index contributed by atoms with van der Waals surface area (Å²) in [6.07, 6.45) is 3.51. The molecule has 1 aliphatic carbocycles. The molecule has 6 nitrogen and oxygen atoms in total. The second-order valence-corrected chi connectivity index (χ2v) is 5.08. The SMILES string of the molecule is CCC1C[C@H](C(=O)Nc2nc(C)co2)[C@H](C(=O)O)C1. The van der Waals surface area contributed by atoms with Gasteiger partial charge in [0.2, 0.25) is 5.91 Å². The van der Waals surface area contributed by atoms with Crippen molar-refractivity contribution >= 4 is 17.9 Å².